The number of halogens is 1. The van der Waals surface area contributed by atoms with Crippen molar-refractivity contribution in [3.8, 4) is 5.19 Å². The second-order valence-electron chi connectivity index (χ2n) is 3.39. The third-order valence-corrected chi connectivity index (χ3v) is 3.16. The zero-order valence-electron chi connectivity index (χ0n) is 8.18. The normalized spacial score (nSPS) is 21.9. The molecule has 0 bridgehead atoms. The molecule has 2 heterocycles. The molecule has 2 rings (SSSR count). The molecule has 5 heteroatoms. The van der Waals surface area contributed by atoms with Gasteiger partial charge >= 0.3 is 0 Å². The largest absolute Gasteiger partial charge is 0.468 e. The third kappa shape index (κ3) is 2.83. The molecule has 1 saturated heterocycles. The molecule has 0 radical (unpaired) electrons. The molecule has 0 aromatic carbocycles. The van der Waals surface area contributed by atoms with Gasteiger partial charge in [-0.2, -0.15) is 0 Å². The minimum Gasteiger partial charge on any atom is -0.468 e. The highest BCUT2D eigenvalue weighted by Gasteiger charge is 2.21. The minimum atomic E-state index is 0. The molecule has 3 nitrogen and oxygen atoms in total. The van der Waals surface area contributed by atoms with Crippen molar-refractivity contribution < 1.29 is 4.74 Å². The van der Waals surface area contributed by atoms with Crippen LogP contribution in [0.4, 0.5) is 0 Å². The van der Waals surface area contributed by atoms with Crippen LogP contribution in [-0.4, -0.2) is 36.1 Å². The van der Waals surface area contributed by atoms with Crippen LogP contribution in [0.2, 0.25) is 0 Å². The first-order valence-corrected chi connectivity index (χ1v) is 5.47. The molecule has 1 aliphatic heterocycles. The molecule has 1 atom stereocenters. The number of ether oxygens (including phenoxy) is 1. The summed E-state index contributed by atoms with van der Waals surface area (Å²) < 4.78 is 5.57. The quantitative estimate of drug-likeness (QED) is 0.801. The van der Waals surface area contributed by atoms with Crippen LogP contribution < -0.4 is 4.74 Å². The van der Waals surface area contributed by atoms with Crippen LogP contribution in [0.15, 0.2) is 11.6 Å². The maximum atomic E-state index is 5.57. The molecule has 80 valence electrons. The third-order valence-electron chi connectivity index (χ3n) is 2.48. The van der Waals surface area contributed by atoms with Crippen LogP contribution in [0.25, 0.3) is 0 Å². The molecule has 0 saturated carbocycles. The summed E-state index contributed by atoms with van der Waals surface area (Å²) in [4.78, 5) is 6.43. The van der Waals surface area contributed by atoms with Crippen molar-refractivity contribution in [1.29, 1.82) is 0 Å². The van der Waals surface area contributed by atoms with Crippen LogP contribution in [0, 0.1) is 0 Å². The van der Waals surface area contributed by atoms with Crippen LogP contribution in [0.1, 0.15) is 12.8 Å². The van der Waals surface area contributed by atoms with E-state index in [4.69, 9.17) is 4.74 Å². The average molecular weight is 235 g/mol. The van der Waals surface area contributed by atoms with E-state index >= 15 is 0 Å². The Morgan fingerprint density at radius 2 is 2.57 bits per heavy atom. The van der Waals surface area contributed by atoms with Crippen molar-refractivity contribution in [3.63, 3.8) is 0 Å². The summed E-state index contributed by atoms with van der Waals surface area (Å²) in [5, 5.41) is 2.73. The standard InChI is InChI=1S/C9H14N2OS.ClH/c1-11-5-2-3-8(11)7-12-9-10-4-6-13-9;/h4,6,8H,2-3,5,7H2,1H3;1H/t8-;/m0./s1. The van der Waals surface area contributed by atoms with E-state index in [1.165, 1.54) is 19.4 Å². The van der Waals surface area contributed by atoms with E-state index < -0.39 is 0 Å². The fourth-order valence-corrected chi connectivity index (χ4v) is 2.13. The summed E-state index contributed by atoms with van der Waals surface area (Å²) in [6, 6.07) is 0.587. The van der Waals surface area contributed by atoms with Crippen molar-refractivity contribution in [2.24, 2.45) is 0 Å². The molecule has 0 N–H and O–H groups in total. The second-order valence-corrected chi connectivity index (χ2v) is 4.24. The fraction of sp³-hybridized carbons (Fsp3) is 0.667. The van der Waals surface area contributed by atoms with Crippen molar-refractivity contribution in [1.82, 2.24) is 9.88 Å². The maximum absolute atomic E-state index is 5.57. The number of hydrogen-bond donors (Lipinski definition) is 0. The average Bonchev–Trinajstić information content (AvgIpc) is 2.72. The van der Waals surface area contributed by atoms with Gasteiger partial charge in [-0.05, 0) is 26.4 Å². The maximum Gasteiger partial charge on any atom is 0.273 e. The molecular formula is C9H15ClN2OS. The Morgan fingerprint density at radius 3 is 3.14 bits per heavy atom. The van der Waals surface area contributed by atoms with Gasteiger partial charge in [-0.3, -0.25) is 0 Å². The molecule has 1 fully saturated rings. The van der Waals surface area contributed by atoms with Crippen LogP contribution in [0.3, 0.4) is 0 Å². The SMILES string of the molecule is CN1CCC[C@H]1COc1nccs1.Cl. The van der Waals surface area contributed by atoms with Gasteiger partial charge in [0.05, 0.1) is 0 Å². The number of thiazole rings is 1. The van der Waals surface area contributed by atoms with Gasteiger partial charge in [0.2, 0.25) is 0 Å². The van der Waals surface area contributed by atoms with Gasteiger partial charge in [0.15, 0.2) is 0 Å². The minimum absolute atomic E-state index is 0. The second kappa shape index (κ2) is 5.53. The van der Waals surface area contributed by atoms with E-state index in [0.29, 0.717) is 6.04 Å². The van der Waals surface area contributed by atoms with Crippen molar-refractivity contribution in [2.75, 3.05) is 20.2 Å². The van der Waals surface area contributed by atoms with Gasteiger partial charge in [-0.1, -0.05) is 11.3 Å². The molecular weight excluding hydrogens is 220 g/mol. The zero-order chi connectivity index (χ0) is 9.10. The molecule has 1 aromatic rings. The first kappa shape index (κ1) is 11.8. The van der Waals surface area contributed by atoms with Gasteiger partial charge in [-0.25, -0.2) is 4.98 Å². The Morgan fingerprint density at radius 1 is 1.71 bits per heavy atom. The molecule has 0 spiro atoms. The number of nitrogens with zero attached hydrogens (tertiary/aromatic N) is 2. The van der Waals surface area contributed by atoms with E-state index in [2.05, 4.69) is 16.9 Å². The highest BCUT2D eigenvalue weighted by Crippen LogP contribution is 2.18. The number of rotatable bonds is 3. The van der Waals surface area contributed by atoms with Gasteiger partial charge in [0.25, 0.3) is 5.19 Å². The number of aromatic nitrogens is 1. The van der Waals surface area contributed by atoms with E-state index in [1.807, 2.05) is 5.38 Å². The lowest BCUT2D eigenvalue weighted by molar-refractivity contribution is 0.198. The Balaban J connectivity index is 0.000000980. The predicted molar refractivity (Wildman–Crippen MR) is 60.5 cm³/mol. The number of likely N-dealkylation sites (tertiary alicyclic amines) is 1. The number of hydrogen-bond acceptors (Lipinski definition) is 4. The van der Waals surface area contributed by atoms with Crippen molar-refractivity contribution >= 4 is 23.7 Å². The van der Waals surface area contributed by atoms with Crippen LogP contribution in [0.5, 0.6) is 5.19 Å². The van der Waals surface area contributed by atoms with E-state index in [0.717, 1.165) is 11.8 Å². The molecule has 0 aliphatic carbocycles. The molecule has 0 amide bonds. The zero-order valence-corrected chi connectivity index (χ0v) is 9.81. The molecule has 1 aliphatic rings. The van der Waals surface area contributed by atoms with Crippen LogP contribution >= 0.6 is 23.7 Å². The Bertz CT molecular complexity index is 255. The Kier molecular flexibility index (Phi) is 4.65. The Hall–Kier alpha value is -0.320. The van der Waals surface area contributed by atoms with Crippen LogP contribution in [-0.2, 0) is 0 Å². The van der Waals surface area contributed by atoms with Gasteiger partial charge < -0.3 is 9.64 Å². The van der Waals surface area contributed by atoms with E-state index in [9.17, 15) is 0 Å². The van der Waals surface area contributed by atoms with Crippen molar-refractivity contribution in [2.45, 2.75) is 18.9 Å². The fourth-order valence-electron chi connectivity index (χ4n) is 1.64. The summed E-state index contributed by atoms with van der Waals surface area (Å²) in [6.45, 7) is 1.98. The lowest BCUT2D eigenvalue weighted by atomic mass is 10.2. The van der Waals surface area contributed by atoms with E-state index in [-0.39, 0.29) is 12.4 Å². The van der Waals surface area contributed by atoms with Gasteiger partial charge in [-0.15, -0.1) is 12.4 Å². The molecule has 14 heavy (non-hydrogen) atoms. The van der Waals surface area contributed by atoms with Crippen molar-refractivity contribution in [3.05, 3.63) is 11.6 Å². The summed E-state index contributed by atoms with van der Waals surface area (Å²) in [7, 11) is 2.16. The van der Waals surface area contributed by atoms with Gasteiger partial charge in [0, 0.05) is 17.6 Å². The topological polar surface area (TPSA) is 25.4 Å². The summed E-state index contributed by atoms with van der Waals surface area (Å²) >= 11 is 1.56. The highest BCUT2D eigenvalue weighted by atomic mass is 35.5. The monoisotopic (exact) mass is 234 g/mol. The first-order valence-electron chi connectivity index (χ1n) is 4.59. The smallest absolute Gasteiger partial charge is 0.273 e. The molecule has 1 aromatic heterocycles. The van der Waals surface area contributed by atoms with E-state index in [1.54, 1.807) is 17.5 Å². The lowest BCUT2D eigenvalue weighted by Gasteiger charge is -2.18. The lowest BCUT2D eigenvalue weighted by Crippen LogP contribution is -2.30. The summed E-state index contributed by atoms with van der Waals surface area (Å²) in [5.41, 5.74) is 0. The molecule has 0 unspecified atom stereocenters. The predicted octanol–water partition coefficient (Wildman–Crippen LogP) is 2.04. The summed E-state index contributed by atoms with van der Waals surface area (Å²) in [5.74, 6) is 0. The highest BCUT2D eigenvalue weighted by molar-refractivity contribution is 7.11. The number of likely N-dealkylation sites (N-methyl/N-ethyl adjacent to an activating group) is 1. The van der Waals surface area contributed by atoms with Gasteiger partial charge in [0.1, 0.15) is 6.61 Å². The first-order chi connectivity index (χ1) is 6.36. The Labute approximate surface area is 94.5 Å². The summed E-state index contributed by atoms with van der Waals surface area (Å²) in [6.07, 6.45) is 4.32.